The van der Waals surface area contributed by atoms with Crippen LogP contribution in [0.3, 0.4) is 0 Å². The van der Waals surface area contributed by atoms with E-state index in [1.165, 1.54) is 29.0 Å². The van der Waals surface area contributed by atoms with E-state index >= 15 is 13.2 Å². The first kappa shape index (κ1) is 33.9. The highest BCUT2D eigenvalue weighted by Crippen LogP contribution is 2.33. The number of aryl methyl sites for hydroxylation is 1. The molecule has 2 aromatic heterocycles. The van der Waals surface area contributed by atoms with Gasteiger partial charge in [0.1, 0.15) is 11.3 Å². The molecule has 1 aliphatic carbocycles. The maximum absolute atomic E-state index is 15.6. The first-order chi connectivity index (χ1) is 22.2. The minimum absolute atomic E-state index is 0.0783. The average molecular weight is 668 g/mol. The van der Waals surface area contributed by atoms with Gasteiger partial charge in [0.25, 0.3) is 5.56 Å². The lowest BCUT2D eigenvalue weighted by Gasteiger charge is -2.33. The molecule has 5 rings (SSSR count). The van der Waals surface area contributed by atoms with E-state index in [-0.39, 0.29) is 28.4 Å². The zero-order valence-corrected chi connectivity index (χ0v) is 27.6. The molecule has 0 atom stereocenters. The van der Waals surface area contributed by atoms with Gasteiger partial charge in [-0.25, -0.2) is 26.6 Å². The predicted molar refractivity (Wildman–Crippen MR) is 175 cm³/mol. The Morgan fingerprint density at radius 3 is 2.40 bits per heavy atom. The van der Waals surface area contributed by atoms with Gasteiger partial charge in [0.05, 0.1) is 22.9 Å². The molecule has 1 aliphatic rings. The number of hydrogen-bond acceptors (Lipinski definition) is 8. The summed E-state index contributed by atoms with van der Waals surface area (Å²) in [6.07, 6.45) is 5.36. The quantitative estimate of drug-likeness (QED) is 0.212. The fraction of sp³-hybridized carbons (Fsp3) is 0.394. The number of nitrogens with zero attached hydrogens (tertiary/aromatic N) is 5. The molecule has 0 amide bonds. The van der Waals surface area contributed by atoms with Crippen LogP contribution in [0.15, 0.2) is 41.3 Å². The standard InChI is InChI=1S/C33H36F3N7O3S/c1-18(2)43-31-22(16-38-33(40-31)39-23-8-10-24(11-9-23)42(4)5)13-26(32(43)44)25-14-27(34)30(29(36)28(25)35)41-47(45,46)17-20-7-6-19(3)12-21(20)15-37/h6-7,12-14,16,18,23-24,41H,8-11,17H2,1-5H3,(H,38,39,40)/t23-,24-. The van der Waals surface area contributed by atoms with Crippen LogP contribution in [0.5, 0.6) is 0 Å². The van der Waals surface area contributed by atoms with Gasteiger partial charge < -0.3 is 10.2 Å². The van der Waals surface area contributed by atoms with E-state index in [1.54, 1.807) is 31.6 Å². The van der Waals surface area contributed by atoms with Gasteiger partial charge in [0.15, 0.2) is 17.5 Å². The molecule has 0 spiro atoms. The molecule has 0 bridgehead atoms. The summed E-state index contributed by atoms with van der Waals surface area (Å²) in [5, 5.41) is 13.1. The van der Waals surface area contributed by atoms with Crippen molar-refractivity contribution in [1.82, 2.24) is 19.4 Å². The van der Waals surface area contributed by atoms with Crippen LogP contribution in [0.2, 0.25) is 0 Å². The Labute approximate surface area is 271 Å². The minimum Gasteiger partial charge on any atom is -0.351 e. The Kier molecular flexibility index (Phi) is 9.60. The third-order valence-electron chi connectivity index (χ3n) is 8.49. The molecule has 2 aromatic carbocycles. The number of hydrogen-bond donors (Lipinski definition) is 2. The number of rotatable bonds is 9. The lowest BCUT2D eigenvalue weighted by molar-refractivity contribution is 0.221. The van der Waals surface area contributed by atoms with E-state index in [9.17, 15) is 18.5 Å². The molecule has 1 fully saturated rings. The largest absolute Gasteiger partial charge is 0.351 e. The van der Waals surface area contributed by atoms with Crippen molar-refractivity contribution >= 4 is 32.7 Å². The van der Waals surface area contributed by atoms with Crippen LogP contribution in [0, 0.1) is 35.7 Å². The Bertz CT molecular complexity index is 2050. The molecule has 0 radical (unpaired) electrons. The summed E-state index contributed by atoms with van der Waals surface area (Å²) in [6.45, 7) is 5.17. The molecule has 2 N–H and O–H groups in total. The van der Waals surface area contributed by atoms with Gasteiger partial charge in [-0.2, -0.15) is 10.2 Å². The van der Waals surface area contributed by atoms with Crippen molar-refractivity contribution < 1.29 is 21.6 Å². The zero-order chi connectivity index (χ0) is 34.2. The van der Waals surface area contributed by atoms with E-state index in [1.807, 2.05) is 6.07 Å². The molecule has 0 saturated heterocycles. The van der Waals surface area contributed by atoms with E-state index < -0.39 is 56.1 Å². The van der Waals surface area contributed by atoms with Crippen LogP contribution < -0.4 is 15.6 Å². The molecule has 14 heteroatoms. The van der Waals surface area contributed by atoms with Crippen LogP contribution in [0.4, 0.5) is 24.8 Å². The number of benzene rings is 2. The van der Waals surface area contributed by atoms with Crippen molar-refractivity contribution in [2.45, 2.75) is 70.3 Å². The van der Waals surface area contributed by atoms with Crippen LogP contribution in [-0.4, -0.2) is 54.0 Å². The SMILES string of the molecule is Cc1ccc(CS(=O)(=O)Nc2c(F)cc(-c3cc4cnc(N[C@H]5CC[C@H](N(C)C)CC5)nc4n(C(C)C)c3=O)c(F)c2F)c(C#N)c1. The van der Waals surface area contributed by atoms with E-state index in [2.05, 4.69) is 34.3 Å². The second-order valence-electron chi connectivity index (χ2n) is 12.5. The monoisotopic (exact) mass is 667 g/mol. The molecule has 2 heterocycles. The fourth-order valence-electron chi connectivity index (χ4n) is 5.98. The van der Waals surface area contributed by atoms with Gasteiger partial charge in [-0.05, 0) is 89.9 Å². The first-order valence-electron chi connectivity index (χ1n) is 15.2. The summed E-state index contributed by atoms with van der Waals surface area (Å²) in [5.74, 6) is -5.31. The summed E-state index contributed by atoms with van der Waals surface area (Å²) < 4.78 is 75.1. The van der Waals surface area contributed by atoms with Gasteiger partial charge in [0.2, 0.25) is 16.0 Å². The number of halogens is 3. The van der Waals surface area contributed by atoms with Gasteiger partial charge >= 0.3 is 0 Å². The maximum Gasteiger partial charge on any atom is 0.260 e. The molecular weight excluding hydrogens is 631 g/mol. The Morgan fingerprint density at radius 2 is 1.77 bits per heavy atom. The molecule has 0 unspecified atom stereocenters. The Hall–Kier alpha value is -4.48. The van der Waals surface area contributed by atoms with E-state index in [0.29, 0.717) is 23.4 Å². The Balaban J connectivity index is 1.48. The van der Waals surface area contributed by atoms with Gasteiger partial charge in [-0.15, -0.1) is 0 Å². The number of nitrogens with one attached hydrogen (secondary N) is 2. The highest BCUT2D eigenvalue weighted by Gasteiger charge is 2.27. The van der Waals surface area contributed by atoms with Crippen molar-refractivity contribution in [3.63, 3.8) is 0 Å². The molecule has 4 aromatic rings. The zero-order valence-electron chi connectivity index (χ0n) is 26.7. The van der Waals surface area contributed by atoms with Gasteiger partial charge in [-0.1, -0.05) is 12.1 Å². The highest BCUT2D eigenvalue weighted by molar-refractivity contribution is 7.91. The van der Waals surface area contributed by atoms with Crippen molar-refractivity contribution in [3.8, 4) is 17.2 Å². The van der Waals surface area contributed by atoms with Crippen molar-refractivity contribution in [1.29, 1.82) is 5.26 Å². The molecule has 1 saturated carbocycles. The molecule has 47 heavy (non-hydrogen) atoms. The highest BCUT2D eigenvalue weighted by atomic mass is 32.2. The van der Waals surface area contributed by atoms with Crippen LogP contribution in [-0.2, 0) is 15.8 Å². The summed E-state index contributed by atoms with van der Waals surface area (Å²) >= 11 is 0. The number of aromatic nitrogens is 3. The summed E-state index contributed by atoms with van der Waals surface area (Å²) in [6, 6.07) is 8.43. The Morgan fingerprint density at radius 1 is 1.06 bits per heavy atom. The normalized spacial score (nSPS) is 16.9. The van der Waals surface area contributed by atoms with Crippen LogP contribution >= 0.6 is 0 Å². The number of sulfonamides is 1. The summed E-state index contributed by atoms with van der Waals surface area (Å²) in [4.78, 5) is 24.9. The third kappa shape index (κ3) is 7.11. The third-order valence-corrected chi connectivity index (χ3v) is 9.69. The second-order valence-corrected chi connectivity index (χ2v) is 14.2. The maximum atomic E-state index is 15.6. The van der Waals surface area contributed by atoms with Crippen molar-refractivity contribution in [2.75, 3.05) is 24.1 Å². The number of nitriles is 1. The predicted octanol–water partition coefficient (Wildman–Crippen LogP) is 5.86. The minimum atomic E-state index is -4.49. The number of fused-ring (bicyclic) bond motifs is 1. The van der Waals surface area contributed by atoms with Crippen molar-refractivity contribution in [2.24, 2.45) is 0 Å². The summed E-state index contributed by atoms with van der Waals surface area (Å²) in [7, 11) is -0.358. The first-order valence-corrected chi connectivity index (χ1v) is 16.9. The van der Waals surface area contributed by atoms with Crippen LogP contribution in [0.1, 0.15) is 62.3 Å². The van der Waals surface area contributed by atoms with E-state index in [0.717, 1.165) is 31.2 Å². The molecule has 10 nitrogen and oxygen atoms in total. The smallest absolute Gasteiger partial charge is 0.260 e. The lowest BCUT2D eigenvalue weighted by Crippen LogP contribution is -2.36. The molecular formula is C33H36F3N7O3S. The number of anilines is 2. The topological polar surface area (TPSA) is 133 Å². The van der Waals surface area contributed by atoms with E-state index in [4.69, 9.17) is 0 Å². The number of pyridine rings is 1. The summed E-state index contributed by atoms with van der Waals surface area (Å²) in [5.41, 5.74) is -1.83. The fourth-order valence-corrected chi connectivity index (χ4v) is 7.21. The molecule has 0 aliphatic heterocycles. The molecule has 248 valence electrons. The van der Waals surface area contributed by atoms with Crippen molar-refractivity contribution in [3.05, 3.63) is 81.0 Å². The van der Waals surface area contributed by atoms with Crippen LogP contribution in [0.25, 0.3) is 22.2 Å². The van der Waals surface area contributed by atoms with Gasteiger partial charge in [-0.3, -0.25) is 14.1 Å². The average Bonchev–Trinajstić information content (AvgIpc) is 3.01. The van der Waals surface area contributed by atoms with Gasteiger partial charge in [0, 0.05) is 35.3 Å². The second kappa shape index (κ2) is 13.3. The lowest BCUT2D eigenvalue weighted by atomic mass is 9.91.